The molecule has 2 aliphatic rings. The van der Waals surface area contributed by atoms with E-state index in [0.717, 1.165) is 47.8 Å². The molecule has 1 N–H and O–H groups in total. The van der Waals surface area contributed by atoms with Crippen LogP contribution in [0.5, 0.6) is 0 Å². The fraction of sp³-hybridized carbons (Fsp3) is 0.464. The van der Waals surface area contributed by atoms with Gasteiger partial charge in [0.15, 0.2) is 0 Å². The smallest absolute Gasteiger partial charge is 0.241 e. The fourth-order valence-corrected chi connectivity index (χ4v) is 5.41. The monoisotopic (exact) mass is 490 g/mol. The largest absolute Gasteiger partial charge is 0.336 e. The number of hydrogen-bond acceptors (Lipinski definition) is 5. The van der Waals surface area contributed by atoms with Gasteiger partial charge in [-0.3, -0.25) is 14.7 Å². The average Bonchev–Trinajstić information content (AvgIpc) is 3.36. The van der Waals surface area contributed by atoms with Gasteiger partial charge in [-0.25, -0.2) is 9.37 Å². The minimum Gasteiger partial charge on any atom is -0.336 e. The third-order valence-electron chi connectivity index (χ3n) is 7.28. The van der Waals surface area contributed by atoms with Gasteiger partial charge in [-0.2, -0.15) is 0 Å². The Morgan fingerprint density at radius 2 is 1.97 bits per heavy atom. The number of carbonyl (C=O) groups excluding carboxylic acids is 1. The number of amides is 1. The minimum absolute atomic E-state index is 0.100. The molecule has 5 rings (SSSR count). The zero-order valence-electron chi connectivity index (χ0n) is 21.5. The third-order valence-corrected chi connectivity index (χ3v) is 7.28. The number of piperazine rings is 1. The Labute approximate surface area is 212 Å². The minimum atomic E-state index is -0.243. The highest BCUT2D eigenvalue weighted by Gasteiger charge is 2.40. The molecule has 36 heavy (non-hydrogen) atoms. The van der Waals surface area contributed by atoms with E-state index in [1.54, 1.807) is 12.1 Å². The lowest BCUT2D eigenvalue weighted by atomic mass is 9.91. The Hall–Kier alpha value is -3.10. The second-order valence-electron chi connectivity index (χ2n) is 11.0. The van der Waals surface area contributed by atoms with E-state index < -0.39 is 0 Å². The molecule has 7 nitrogen and oxygen atoms in total. The maximum absolute atomic E-state index is 13.8. The van der Waals surface area contributed by atoms with Crippen LogP contribution in [0.25, 0.3) is 0 Å². The van der Waals surface area contributed by atoms with Crippen molar-refractivity contribution in [2.45, 2.75) is 58.2 Å². The SMILES string of the molecule is Cc1cn(C[C@H]2CN[C@H](C)CN2CC(=O)N2CC(C)(C)c3ncc(Cc4ccc(F)cc4)cc32)cn1. The molecular weight excluding hydrogens is 455 g/mol. The molecule has 0 aliphatic carbocycles. The number of fused-ring (bicyclic) bond motifs is 1. The molecule has 0 spiro atoms. The number of benzene rings is 1. The van der Waals surface area contributed by atoms with Gasteiger partial charge in [0.05, 0.1) is 29.9 Å². The molecule has 8 heteroatoms. The molecule has 1 saturated heterocycles. The zero-order valence-corrected chi connectivity index (χ0v) is 21.5. The Morgan fingerprint density at radius 1 is 1.19 bits per heavy atom. The van der Waals surface area contributed by atoms with Crippen LogP contribution in [0.2, 0.25) is 0 Å². The summed E-state index contributed by atoms with van der Waals surface area (Å²) in [4.78, 5) is 27.1. The van der Waals surface area contributed by atoms with Crippen LogP contribution in [-0.4, -0.2) is 63.6 Å². The molecule has 0 radical (unpaired) electrons. The van der Waals surface area contributed by atoms with Crippen molar-refractivity contribution in [3.63, 3.8) is 0 Å². The van der Waals surface area contributed by atoms with Crippen molar-refractivity contribution in [3.8, 4) is 0 Å². The molecule has 1 amide bonds. The summed E-state index contributed by atoms with van der Waals surface area (Å²) >= 11 is 0. The highest BCUT2D eigenvalue weighted by atomic mass is 19.1. The summed E-state index contributed by atoms with van der Waals surface area (Å²) in [5, 5.41) is 3.56. The number of carbonyl (C=O) groups is 1. The second kappa shape index (κ2) is 9.75. The summed E-state index contributed by atoms with van der Waals surface area (Å²) in [6.45, 7) is 11.8. The van der Waals surface area contributed by atoms with E-state index in [9.17, 15) is 9.18 Å². The van der Waals surface area contributed by atoms with Crippen LogP contribution in [0.1, 0.15) is 43.3 Å². The summed E-state index contributed by atoms with van der Waals surface area (Å²) in [7, 11) is 0. The lowest BCUT2D eigenvalue weighted by molar-refractivity contribution is -0.120. The van der Waals surface area contributed by atoms with Crippen molar-refractivity contribution in [1.82, 2.24) is 24.8 Å². The van der Waals surface area contributed by atoms with E-state index in [-0.39, 0.29) is 23.2 Å². The van der Waals surface area contributed by atoms with Gasteiger partial charge in [-0.15, -0.1) is 0 Å². The molecule has 2 aromatic heterocycles. The molecule has 190 valence electrons. The van der Waals surface area contributed by atoms with E-state index in [1.807, 2.05) is 30.5 Å². The third kappa shape index (κ3) is 5.20. The van der Waals surface area contributed by atoms with Gasteiger partial charge in [0.25, 0.3) is 0 Å². The predicted octanol–water partition coefficient (Wildman–Crippen LogP) is 3.30. The van der Waals surface area contributed by atoms with Crippen LogP contribution < -0.4 is 10.2 Å². The Bertz CT molecular complexity index is 1240. The van der Waals surface area contributed by atoms with Crippen molar-refractivity contribution in [1.29, 1.82) is 0 Å². The van der Waals surface area contributed by atoms with Crippen LogP contribution in [0.4, 0.5) is 10.1 Å². The maximum Gasteiger partial charge on any atom is 0.241 e. The summed E-state index contributed by atoms with van der Waals surface area (Å²) < 4.78 is 15.4. The number of pyridine rings is 1. The molecule has 1 fully saturated rings. The number of halogens is 1. The topological polar surface area (TPSA) is 66.3 Å². The average molecular weight is 491 g/mol. The number of aryl methyl sites for hydroxylation is 1. The Morgan fingerprint density at radius 3 is 2.69 bits per heavy atom. The highest BCUT2D eigenvalue weighted by Crippen LogP contribution is 2.39. The van der Waals surface area contributed by atoms with E-state index in [2.05, 4.69) is 46.6 Å². The van der Waals surface area contributed by atoms with Gasteiger partial charge in [-0.1, -0.05) is 26.0 Å². The Balaban J connectivity index is 1.35. The molecule has 3 aromatic rings. The molecule has 0 saturated carbocycles. The standard InChI is InChI=1S/C28H35FN6O/c1-19-13-33(18-32-19)15-24-12-30-20(2)14-34(24)16-26(36)35-17-28(3,4)27-25(35)10-22(11-31-27)9-21-5-7-23(29)8-6-21/h5-8,10-11,13,18,20,24,30H,9,12,14-17H2,1-4H3/t20-,24-/m1/s1. The first-order valence-corrected chi connectivity index (χ1v) is 12.7. The molecule has 1 aromatic carbocycles. The van der Waals surface area contributed by atoms with Crippen LogP contribution >= 0.6 is 0 Å². The van der Waals surface area contributed by atoms with Gasteiger partial charge >= 0.3 is 0 Å². The Kier molecular flexibility index (Phi) is 6.66. The van der Waals surface area contributed by atoms with Crippen LogP contribution in [0.15, 0.2) is 49.1 Å². The maximum atomic E-state index is 13.8. The number of nitrogens with zero attached hydrogens (tertiary/aromatic N) is 5. The number of rotatable bonds is 6. The first-order chi connectivity index (χ1) is 17.2. The lowest BCUT2D eigenvalue weighted by Crippen LogP contribution is -2.59. The number of aromatic nitrogens is 3. The van der Waals surface area contributed by atoms with E-state index >= 15 is 0 Å². The lowest BCUT2D eigenvalue weighted by Gasteiger charge is -2.39. The number of hydrogen-bond donors (Lipinski definition) is 1. The van der Waals surface area contributed by atoms with Crippen molar-refractivity contribution in [2.75, 3.05) is 31.1 Å². The van der Waals surface area contributed by atoms with Crippen LogP contribution in [0.3, 0.4) is 0 Å². The zero-order chi connectivity index (χ0) is 25.4. The molecule has 2 aliphatic heterocycles. The van der Waals surface area contributed by atoms with E-state index in [1.165, 1.54) is 12.1 Å². The van der Waals surface area contributed by atoms with Gasteiger partial charge in [0.1, 0.15) is 5.82 Å². The second-order valence-corrected chi connectivity index (χ2v) is 11.0. The number of imidazole rings is 1. The van der Waals surface area contributed by atoms with Gasteiger partial charge in [-0.05, 0) is 49.6 Å². The van der Waals surface area contributed by atoms with Crippen molar-refractivity contribution < 1.29 is 9.18 Å². The predicted molar refractivity (Wildman–Crippen MR) is 139 cm³/mol. The molecule has 2 atom stereocenters. The van der Waals surface area contributed by atoms with Crippen LogP contribution in [0, 0.1) is 12.7 Å². The summed E-state index contributed by atoms with van der Waals surface area (Å²) in [6.07, 6.45) is 6.44. The first-order valence-electron chi connectivity index (χ1n) is 12.7. The van der Waals surface area contributed by atoms with Gasteiger partial charge in [0, 0.05) is 56.1 Å². The van der Waals surface area contributed by atoms with Crippen molar-refractivity contribution >= 4 is 11.6 Å². The number of nitrogens with one attached hydrogen (secondary N) is 1. The quantitative estimate of drug-likeness (QED) is 0.574. The summed E-state index contributed by atoms with van der Waals surface area (Å²) in [6, 6.07) is 9.16. The summed E-state index contributed by atoms with van der Waals surface area (Å²) in [5.74, 6) is -0.142. The molecule has 0 bridgehead atoms. The molecule has 4 heterocycles. The van der Waals surface area contributed by atoms with Crippen molar-refractivity contribution in [3.05, 3.63) is 77.4 Å². The highest BCUT2D eigenvalue weighted by molar-refractivity contribution is 5.97. The fourth-order valence-electron chi connectivity index (χ4n) is 5.41. The van der Waals surface area contributed by atoms with Crippen molar-refractivity contribution in [2.24, 2.45) is 0 Å². The molecular formula is C28H35FN6O. The normalized spacial score (nSPS) is 21.5. The van der Waals surface area contributed by atoms with Gasteiger partial charge < -0.3 is 14.8 Å². The van der Waals surface area contributed by atoms with E-state index in [0.29, 0.717) is 25.6 Å². The van der Waals surface area contributed by atoms with Crippen LogP contribution in [-0.2, 0) is 23.2 Å². The molecule has 0 unspecified atom stereocenters. The summed E-state index contributed by atoms with van der Waals surface area (Å²) in [5.41, 5.74) is 4.66. The first kappa shape index (κ1) is 24.6. The van der Waals surface area contributed by atoms with E-state index in [4.69, 9.17) is 4.98 Å². The number of anilines is 1. The van der Waals surface area contributed by atoms with Gasteiger partial charge in [0.2, 0.25) is 5.91 Å².